The summed E-state index contributed by atoms with van der Waals surface area (Å²) in [6.45, 7) is 4.26. The maximum atomic E-state index is 13.9. The van der Waals surface area contributed by atoms with Gasteiger partial charge in [-0.2, -0.15) is 5.10 Å². The summed E-state index contributed by atoms with van der Waals surface area (Å²) >= 11 is 0. The van der Waals surface area contributed by atoms with Crippen LogP contribution >= 0.6 is 0 Å². The summed E-state index contributed by atoms with van der Waals surface area (Å²) in [5.41, 5.74) is 2.86. The van der Waals surface area contributed by atoms with Crippen LogP contribution in [-0.2, 0) is 6.61 Å². The number of ether oxygens (including phenoxy) is 3. The van der Waals surface area contributed by atoms with Crippen LogP contribution in [0.4, 0.5) is 0 Å². The van der Waals surface area contributed by atoms with Gasteiger partial charge in [0.15, 0.2) is 0 Å². The van der Waals surface area contributed by atoms with Gasteiger partial charge < -0.3 is 14.2 Å². The summed E-state index contributed by atoms with van der Waals surface area (Å²) < 4.78 is 18.6. The molecular formula is C25H26N4O4. The number of aromatic nitrogens is 4. The molecule has 2 heterocycles. The van der Waals surface area contributed by atoms with E-state index >= 15 is 0 Å². The van der Waals surface area contributed by atoms with Crippen molar-refractivity contribution in [3.05, 3.63) is 77.5 Å². The molecule has 33 heavy (non-hydrogen) atoms. The summed E-state index contributed by atoms with van der Waals surface area (Å²) in [5.74, 6) is 0.962. The molecule has 0 fully saturated rings. The zero-order chi connectivity index (χ0) is 23.4. The predicted molar refractivity (Wildman–Crippen MR) is 124 cm³/mol. The zero-order valence-corrected chi connectivity index (χ0v) is 19.0. The van der Waals surface area contributed by atoms with Gasteiger partial charge in [-0.25, -0.2) is 0 Å². The lowest BCUT2D eigenvalue weighted by Crippen LogP contribution is -2.09. The molecule has 0 radical (unpaired) electrons. The molecule has 0 aliphatic carbocycles. The van der Waals surface area contributed by atoms with Crippen molar-refractivity contribution in [2.24, 2.45) is 0 Å². The molecule has 1 N–H and O–H groups in total. The Morgan fingerprint density at radius 3 is 2.48 bits per heavy atom. The Bertz CT molecular complexity index is 1230. The number of methoxy groups -OCH3 is 2. The fraction of sp³-hybridized carbons (Fsp3) is 0.240. The number of aromatic amines is 1. The van der Waals surface area contributed by atoms with Gasteiger partial charge in [0.2, 0.25) is 11.7 Å². The lowest BCUT2D eigenvalue weighted by Gasteiger charge is -2.12. The van der Waals surface area contributed by atoms with Crippen molar-refractivity contribution < 1.29 is 19.0 Å². The number of nitrogens with zero attached hydrogens (tertiary/aromatic N) is 3. The minimum absolute atomic E-state index is 0.0323. The fourth-order valence-corrected chi connectivity index (χ4v) is 3.58. The molecule has 0 aliphatic rings. The summed E-state index contributed by atoms with van der Waals surface area (Å²) in [4.78, 5) is 13.9. The molecule has 0 atom stereocenters. The highest BCUT2D eigenvalue weighted by Crippen LogP contribution is 2.36. The Hall–Kier alpha value is -4.07. The van der Waals surface area contributed by atoms with Gasteiger partial charge >= 0.3 is 0 Å². The number of hydrogen-bond acceptors (Lipinski definition) is 6. The second-order valence-electron chi connectivity index (χ2n) is 7.70. The van der Waals surface area contributed by atoms with E-state index in [1.165, 1.54) is 7.11 Å². The third kappa shape index (κ3) is 4.45. The lowest BCUT2D eigenvalue weighted by atomic mass is 10.0. The van der Waals surface area contributed by atoms with Crippen molar-refractivity contribution in [3.63, 3.8) is 0 Å². The lowest BCUT2D eigenvalue weighted by molar-refractivity contribution is 0.103. The van der Waals surface area contributed by atoms with Crippen molar-refractivity contribution >= 4 is 5.78 Å². The summed E-state index contributed by atoms with van der Waals surface area (Å²) in [6, 6.07) is 16.6. The number of H-pyrrole nitrogens is 1. The van der Waals surface area contributed by atoms with Gasteiger partial charge in [-0.15, -0.1) is 5.10 Å². The number of ketones is 1. The topological polar surface area (TPSA) is 91.3 Å². The monoisotopic (exact) mass is 446 g/mol. The molecule has 170 valence electrons. The van der Waals surface area contributed by atoms with Gasteiger partial charge in [-0.1, -0.05) is 30.3 Å². The largest absolute Gasteiger partial charge is 0.497 e. The van der Waals surface area contributed by atoms with E-state index in [2.05, 4.69) is 15.3 Å². The average molecular weight is 447 g/mol. The quantitative estimate of drug-likeness (QED) is 0.375. The Kier molecular flexibility index (Phi) is 6.44. The zero-order valence-electron chi connectivity index (χ0n) is 19.0. The molecule has 4 rings (SSSR count). The molecular weight excluding hydrogens is 420 g/mol. The number of nitrogens with one attached hydrogen (secondary N) is 1. The first-order valence-corrected chi connectivity index (χ1v) is 10.6. The minimum Gasteiger partial charge on any atom is -0.497 e. The molecule has 8 nitrogen and oxygen atoms in total. The number of carbonyl (C=O) groups is 1. The van der Waals surface area contributed by atoms with Gasteiger partial charge in [0, 0.05) is 18.3 Å². The average Bonchev–Trinajstić information content (AvgIpc) is 3.50. The van der Waals surface area contributed by atoms with Gasteiger partial charge in [0.05, 0.1) is 19.8 Å². The first kappa shape index (κ1) is 22.1. The van der Waals surface area contributed by atoms with E-state index in [1.54, 1.807) is 42.3 Å². The van der Waals surface area contributed by atoms with Crippen molar-refractivity contribution in [1.82, 2.24) is 20.0 Å². The molecule has 0 amide bonds. The number of rotatable bonds is 9. The minimum atomic E-state index is -0.275. The molecule has 0 spiro atoms. The third-order valence-electron chi connectivity index (χ3n) is 5.21. The molecule has 0 saturated heterocycles. The Morgan fingerprint density at radius 2 is 1.85 bits per heavy atom. The van der Waals surface area contributed by atoms with Crippen LogP contribution < -0.4 is 14.2 Å². The van der Waals surface area contributed by atoms with E-state index in [1.807, 2.05) is 44.2 Å². The van der Waals surface area contributed by atoms with Crippen molar-refractivity contribution in [3.8, 4) is 28.8 Å². The van der Waals surface area contributed by atoms with Crippen molar-refractivity contribution in [2.45, 2.75) is 26.5 Å². The number of hydrogen-bond donors (Lipinski definition) is 1. The van der Waals surface area contributed by atoms with Crippen LogP contribution in [0.3, 0.4) is 0 Å². The van der Waals surface area contributed by atoms with E-state index in [-0.39, 0.29) is 24.3 Å². The smallest absolute Gasteiger partial charge is 0.245 e. The first-order valence-electron chi connectivity index (χ1n) is 10.6. The van der Waals surface area contributed by atoms with Crippen LogP contribution in [0, 0.1) is 0 Å². The normalized spacial score (nSPS) is 10.9. The predicted octanol–water partition coefficient (Wildman–Crippen LogP) is 4.68. The van der Waals surface area contributed by atoms with Crippen molar-refractivity contribution in [2.75, 3.05) is 14.2 Å². The van der Waals surface area contributed by atoms with Crippen LogP contribution in [0.5, 0.6) is 17.4 Å². The second-order valence-corrected chi connectivity index (χ2v) is 7.70. The van der Waals surface area contributed by atoms with Crippen LogP contribution in [-0.4, -0.2) is 40.0 Å². The fourth-order valence-electron chi connectivity index (χ4n) is 3.58. The Morgan fingerprint density at radius 1 is 1.06 bits per heavy atom. The molecule has 8 heteroatoms. The maximum absolute atomic E-state index is 13.9. The molecule has 2 aromatic heterocycles. The van der Waals surface area contributed by atoms with Gasteiger partial charge in [0.1, 0.15) is 35.1 Å². The Balaban J connectivity index is 1.86. The van der Waals surface area contributed by atoms with E-state index in [4.69, 9.17) is 14.2 Å². The van der Waals surface area contributed by atoms with Crippen LogP contribution in [0.15, 0.2) is 60.8 Å². The summed E-state index contributed by atoms with van der Waals surface area (Å²) in [7, 11) is 3.08. The van der Waals surface area contributed by atoms with E-state index < -0.39 is 0 Å². The highest BCUT2D eigenvalue weighted by Gasteiger charge is 2.30. The second kappa shape index (κ2) is 9.60. The van der Waals surface area contributed by atoms with E-state index in [0.29, 0.717) is 34.0 Å². The Labute approximate surface area is 192 Å². The molecule has 2 aromatic carbocycles. The van der Waals surface area contributed by atoms with Crippen molar-refractivity contribution in [1.29, 1.82) is 0 Å². The first-order chi connectivity index (χ1) is 16.0. The SMILES string of the molecule is COc1ccc(C(=O)c2c(OCc3ccccc3)nn(C(C)C)c2-c2cc[nH]n2)c(OC)c1. The molecule has 0 saturated carbocycles. The summed E-state index contributed by atoms with van der Waals surface area (Å²) in [5, 5.41) is 11.8. The van der Waals surface area contributed by atoms with Gasteiger partial charge in [-0.05, 0) is 37.6 Å². The molecule has 0 bridgehead atoms. The van der Waals surface area contributed by atoms with Gasteiger partial charge in [-0.3, -0.25) is 14.6 Å². The molecule has 0 unspecified atom stereocenters. The third-order valence-corrected chi connectivity index (χ3v) is 5.21. The molecule has 0 aliphatic heterocycles. The van der Waals surface area contributed by atoms with Gasteiger partial charge in [0.25, 0.3) is 0 Å². The van der Waals surface area contributed by atoms with E-state index in [0.717, 1.165) is 5.56 Å². The summed E-state index contributed by atoms with van der Waals surface area (Å²) in [6.07, 6.45) is 1.71. The highest BCUT2D eigenvalue weighted by atomic mass is 16.5. The standard InChI is InChI=1S/C25H26N4O4/c1-16(2)29-23(20-12-13-26-27-20)22(25(28-29)33-15-17-8-6-5-7-9-17)24(30)19-11-10-18(31-3)14-21(19)32-4/h5-14,16H,15H2,1-4H3,(H,26,27). The highest BCUT2D eigenvalue weighted by molar-refractivity contribution is 6.15. The maximum Gasteiger partial charge on any atom is 0.245 e. The van der Waals surface area contributed by atoms with Crippen LogP contribution in [0.1, 0.15) is 41.4 Å². The van der Waals surface area contributed by atoms with E-state index in [9.17, 15) is 4.79 Å². The number of benzene rings is 2. The molecule has 4 aromatic rings. The van der Waals surface area contributed by atoms with Crippen LogP contribution in [0.25, 0.3) is 11.4 Å². The van der Waals surface area contributed by atoms with Crippen LogP contribution in [0.2, 0.25) is 0 Å². The number of carbonyl (C=O) groups excluding carboxylic acids is 1.